The van der Waals surface area contributed by atoms with Gasteiger partial charge in [0.15, 0.2) is 0 Å². The zero-order valence-electron chi connectivity index (χ0n) is 12.4. The van der Waals surface area contributed by atoms with E-state index in [2.05, 4.69) is 23.2 Å². The molecule has 0 radical (unpaired) electrons. The quantitative estimate of drug-likeness (QED) is 0.660. The SMILES string of the molecule is C=C(C)C1CC=C(C)C(=NNC(=O)c2ccc(O)cc2)C1. The van der Waals surface area contributed by atoms with Crippen molar-refractivity contribution in [3.05, 3.63) is 53.6 Å². The minimum absolute atomic E-state index is 0.133. The Kier molecular flexibility index (Phi) is 4.58. The molecule has 21 heavy (non-hydrogen) atoms. The Morgan fingerprint density at radius 1 is 1.38 bits per heavy atom. The van der Waals surface area contributed by atoms with Gasteiger partial charge in [-0.2, -0.15) is 5.10 Å². The first kappa shape index (κ1) is 15.0. The van der Waals surface area contributed by atoms with Gasteiger partial charge in [-0.15, -0.1) is 0 Å². The van der Waals surface area contributed by atoms with E-state index in [1.807, 2.05) is 13.8 Å². The molecule has 1 aromatic carbocycles. The highest BCUT2D eigenvalue weighted by molar-refractivity contribution is 6.02. The van der Waals surface area contributed by atoms with Gasteiger partial charge in [0.1, 0.15) is 5.75 Å². The van der Waals surface area contributed by atoms with Gasteiger partial charge in [0.2, 0.25) is 0 Å². The molecule has 1 amide bonds. The van der Waals surface area contributed by atoms with Gasteiger partial charge in [0.25, 0.3) is 5.91 Å². The van der Waals surface area contributed by atoms with Crippen LogP contribution in [0.2, 0.25) is 0 Å². The van der Waals surface area contributed by atoms with E-state index in [0.717, 1.165) is 29.7 Å². The number of hydrazone groups is 1. The summed E-state index contributed by atoms with van der Waals surface area (Å²) in [5.41, 5.74) is 6.16. The monoisotopic (exact) mass is 284 g/mol. The zero-order valence-corrected chi connectivity index (χ0v) is 12.4. The third kappa shape index (κ3) is 3.81. The Labute approximate surface area is 124 Å². The lowest BCUT2D eigenvalue weighted by atomic mass is 9.85. The van der Waals surface area contributed by atoms with E-state index in [4.69, 9.17) is 0 Å². The van der Waals surface area contributed by atoms with Crippen LogP contribution in [-0.4, -0.2) is 16.7 Å². The van der Waals surface area contributed by atoms with Crippen molar-refractivity contribution in [1.82, 2.24) is 5.43 Å². The number of carbonyl (C=O) groups is 1. The van der Waals surface area contributed by atoms with E-state index < -0.39 is 0 Å². The van der Waals surface area contributed by atoms with Gasteiger partial charge >= 0.3 is 0 Å². The van der Waals surface area contributed by atoms with E-state index in [1.165, 1.54) is 12.1 Å². The summed E-state index contributed by atoms with van der Waals surface area (Å²) in [6, 6.07) is 6.08. The summed E-state index contributed by atoms with van der Waals surface area (Å²) in [7, 11) is 0. The minimum atomic E-state index is -0.284. The second-order valence-electron chi connectivity index (χ2n) is 5.42. The lowest BCUT2D eigenvalue weighted by molar-refractivity contribution is 0.0954. The van der Waals surface area contributed by atoms with E-state index >= 15 is 0 Å². The smallest absolute Gasteiger partial charge is 0.271 e. The molecule has 0 aromatic heterocycles. The fraction of sp³-hybridized carbons (Fsp3) is 0.294. The molecular formula is C17H20N2O2. The Morgan fingerprint density at radius 3 is 2.67 bits per heavy atom. The van der Waals surface area contributed by atoms with Crippen LogP contribution in [0.3, 0.4) is 0 Å². The summed E-state index contributed by atoms with van der Waals surface area (Å²) in [5.74, 6) is 0.235. The maximum atomic E-state index is 12.0. The number of phenolic OH excluding ortho intramolecular Hbond substituents is 1. The Hall–Kier alpha value is -2.36. The van der Waals surface area contributed by atoms with Crippen LogP contribution in [0.25, 0.3) is 0 Å². The number of benzene rings is 1. The van der Waals surface area contributed by atoms with Gasteiger partial charge in [-0.05, 0) is 62.4 Å². The first-order valence-corrected chi connectivity index (χ1v) is 6.96. The van der Waals surface area contributed by atoms with Crippen molar-refractivity contribution in [3.8, 4) is 5.75 Å². The van der Waals surface area contributed by atoms with Crippen molar-refractivity contribution in [2.45, 2.75) is 26.7 Å². The van der Waals surface area contributed by atoms with Crippen molar-refractivity contribution >= 4 is 11.6 Å². The van der Waals surface area contributed by atoms with E-state index in [9.17, 15) is 9.90 Å². The summed E-state index contributed by atoms with van der Waals surface area (Å²) >= 11 is 0. The average molecular weight is 284 g/mol. The second-order valence-corrected chi connectivity index (χ2v) is 5.42. The number of amides is 1. The number of hydrogen-bond acceptors (Lipinski definition) is 3. The van der Waals surface area contributed by atoms with Gasteiger partial charge < -0.3 is 5.11 Å². The number of aromatic hydroxyl groups is 1. The zero-order chi connectivity index (χ0) is 15.4. The molecule has 1 aromatic rings. The summed E-state index contributed by atoms with van der Waals surface area (Å²) in [6.07, 6.45) is 3.91. The Morgan fingerprint density at radius 2 is 2.05 bits per heavy atom. The van der Waals surface area contributed by atoms with Crippen LogP contribution in [0.5, 0.6) is 5.75 Å². The highest BCUT2D eigenvalue weighted by Gasteiger charge is 2.18. The molecule has 1 atom stereocenters. The van der Waals surface area contributed by atoms with Crippen molar-refractivity contribution in [2.75, 3.05) is 0 Å². The van der Waals surface area contributed by atoms with Gasteiger partial charge in [0, 0.05) is 5.56 Å². The average Bonchev–Trinajstić information content (AvgIpc) is 2.46. The number of allylic oxidation sites excluding steroid dienone is 3. The molecule has 0 saturated carbocycles. The summed E-state index contributed by atoms with van der Waals surface area (Å²) in [5, 5.41) is 13.5. The van der Waals surface area contributed by atoms with Crippen molar-refractivity contribution in [2.24, 2.45) is 11.0 Å². The number of hydrogen-bond donors (Lipinski definition) is 2. The van der Waals surface area contributed by atoms with Crippen LogP contribution in [0.4, 0.5) is 0 Å². The Bertz CT molecular complexity index is 612. The molecule has 1 unspecified atom stereocenters. The summed E-state index contributed by atoms with van der Waals surface area (Å²) < 4.78 is 0. The molecule has 0 bridgehead atoms. The third-order valence-electron chi connectivity index (χ3n) is 3.72. The van der Waals surface area contributed by atoms with Crippen molar-refractivity contribution < 1.29 is 9.90 Å². The molecule has 0 aliphatic heterocycles. The van der Waals surface area contributed by atoms with Crippen molar-refractivity contribution in [1.29, 1.82) is 0 Å². The highest BCUT2D eigenvalue weighted by atomic mass is 16.3. The van der Waals surface area contributed by atoms with Crippen LogP contribution in [0.1, 0.15) is 37.0 Å². The highest BCUT2D eigenvalue weighted by Crippen LogP contribution is 2.26. The van der Waals surface area contributed by atoms with Crippen LogP contribution in [0.15, 0.2) is 53.2 Å². The number of carbonyl (C=O) groups excluding carboxylic acids is 1. The molecule has 0 heterocycles. The molecule has 2 rings (SSSR count). The first-order valence-electron chi connectivity index (χ1n) is 6.96. The molecule has 1 aliphatic rings. The van der Waals surface area contributed by atoms with E-state index in [0.29, 0.717) is 11.5 Å². The maximum absolute atomic E-state index is 12.0. The first-order chi connectivity index (χ1) is 9.97. The minimum Gasteiger partial charge on any atom is -0.508 e. The molecule has 2 N–H and O–H groups in total. The van der Waals surface area contributed by atoms with Gasteiger partial charge in [-0.1, -0.05) is 18.2 Å². The predicted octanol–water partition coefficient (Wildman–Crippen LogP) is 3.41. The van der Waals surface area contributed by atoms with Crippen LogP contribution >= 0.6 is 0 Å². The maximum Gasteiger partial charge on any atom is 0.271 e. The predicted molar refractivity (Wildman–Crippen MR) is 84.3 cm³/mol. The molecule has 1 aliphatic carbocycles. The number of rotatable bonds is 3. The lowest BCUT2D eigenvalue weighted by Gasteiger charge is -2.22. The molecule has 0 fully saturated rings. The molecule has 0 saturated heterocycles. The van der Waals surface area contributed by atoms with E-state index in [1.54, 1.807) is 12.1 Å². The number of phenols is 1. The molecular weight excluding hydrogens is 264 g/mol. The summed E-state index contributed by atoms with van der Waals surface area (Å²) in [6.45, 7) is 8.01. The normalized spacial score (nSPS) is 20.0. The molecule has 0 spiro atoms. The fourth-order valence-electron chi connectivity index (χ4n) is 2.22. The Balaban J connectivity index is 2.07. The fourth-order valence-corrected chi connectivity index (χ4v) is 2.22. The van der Waals surface area contributed by atoms with E-state index in [-0.39, 0.29) is 11.7 Å². The largest absolute Gasteiger partial charge is 0.508 e. The molecule has 110 valence electrons. The summed E-state index contributed by atoms with van der Waals surface area (Å²) in [4.78, 5) is 12.0. The van der Waals surface area contributed by atoms with Gasteiger partial charge in [-0.25, -0.2) is 5.43 Å². The van der Waals surface area contributed by atoms with Crippen LogP contribution in [-0.2, 0) is 0 Å². The van der Waals surface area contributed by atoms with Crippen LogP contribution in [0, 0.1) is 5.92 Å². The van der Waals surface area contributed by atoms with Crippen molar-refractivity contribution in [3.63, 3.8) is 0 Å². The molecule has 4 nitrogen and oxygen atoms in total. The van der Waals surface area contributed by atoms with Crippen LogP contribution < -0.4 is 5.43 Å². The van der Waals surface area contributed by atoms with Gasteiger partial charge in [0.05, 0.1) is 5.71 Å². The second kappa shape index (κ2) is 6.39. The topological polar surface area (TPSA) is 61.7 Å². The number of nitrogens with one attached hydrogen (secondary N) is 1. The molecule has 4 heteroatoms. The van der Waals surface area contributed by atoms with Gasteiger partial charge in [-0.3, -0.25) is 4.79 Å². The number of nitrogens with zero attached hydrogens (tertiary/aromatic N) is 1. The standard InChI is InChI=1S/C17H20N2O2/c1-11(2)14-5-4-12(3)16(10-14)18-19-17(21)13-6-8-15(20)9-7-13/h4,6-9,14,20H,1,5,10H2,2-3H3,(H,19,21). The third-order valence-corrected chi connectivity index (χ3v) is 3.72. The lowest BCUT2D eigenvalue weighted by Crippen LogP contribution is -2.23.